The van der Waals surface area contributed by atoms with E-state index >= 15 is 0 Å². The van der Waals surface area contributed by atoms with Crippen LogP contribution in [-0.4, -0.2) is 33.9 Å². The summed E-state index contributed by atoms with van der Waals surface area (Å²) in [5.41, 5.74) is 4.06. The number of ether oxygens (including phenoxy) is 1. The maximum Gasteiger partial charge on any atom is 0.143 e. The van der Waals surface area contributed by atoms with Crippen molar-refractivity contribution in [2.45, 2.75) is 45.1 Å². The molecule has 4 rings (SSSR count). The zero-order chi connectivity index (χ0) is 25.0. The van der Waals surface area contributed by atoms with Crippen molar-refractivity contribution in [3.63, 3.8) is 0 Å². The third-order valence-corrected chi connectivity index (χ3v) is 6.67. The Kier molecular flexibility index (Phi) is 7.20. The van der Waals surface area contributed by atoms with Crippen molar-refractivity contribution in [3.05, 3.63) is 96.0 Å². The highest BCUT2D eigenvalue weighted by atomic mass is 19.1. The lowest BCUT2D eigenvalue weighted by Crippen LogP contribution is -2.49. The molecular weight excluding hydrogens is 441 g/mol. The fourth-order valence-electron chi connectivity index (χ4n) is 5.06. The van der Waals surface area contributed by atoms with Gasteiger partial charge in [0.05, 0.1) is 30.4 Å². The summed E-state index contributed by atoms with van der Waals surface area (Å²) in [6, 6.07) is 12.5. The van der Waals surface area contributed by atoms with Crippen LogP contribution in [-0.2, 0) is 10.3 Å². The number of carbonyl (C=O) groups is 1. The minimum Gasteiger partial charge on any atom is -0.495 e. The second-order valence-electron chi connectivity index (χ2n) is 9.20. The van der Waals surface area contributed by atoms with Crippen molar-refractivity contribution in [2.75, 3.05) is 13.7 Å². The number of Topliss-reactive ketones (excluding diaryl/α,β-unsaturated/α-hetero) is 1. The van der Waals surface area contributed by atoms with Crippen LogP contribution in [0.2, 0.25) is 0 Å². The molecule has 0 saturated carbocycles. The molecule has 6 heteroatoms. The molecule has 0 amide bonds. The topological polar surface area (TPSA) is 47.4 Å². The molecule has 0 radical (unpaired) electrons. The molecular formula is C29H32FN3O2. The highest BCUT2D eigenvalue weighted by Crippen LogP contribution is 2.43. The van der Waals surface area contributed by atoms with Gasteiger partial charge in [-0.3, -0.25) is 4.79 Å². The zero-order valence-corrected chi connectivity index (χ0v) is 20.6. The maximum atomic E-state index is 13.7. The van der Waals surface area contributed by atoms with Gasteiger partial charge in [0.1, 0.15) is 17.3 Å². The number of rotatable bonds is 8. The van der Waals surface area contributed by atoms with Crippen LogP contribution in [0.5, 0.6) is 5.75 Å². The zero-order valence-electron chi connectivity index (χ0n) is 20.6. The molecule has 35 heavy (non-hydrogen) atoms. The maximum absolute atomic E-state index is 13.7. The largest absolute Gasteiger partial charge is 0.495 e. The van der Waals surface area contributed by atoms with Crippen molar-refractivity contribution in [1.29, 1.82) is 0 Å². The van der Waals surface area contributed by atoms with Gasteiger partial charge in [0.25, 0.3) is 0 Å². The second kappa shape index (κ2) is 10.3. The van der Waals surface area contributed by atoms with Crippen LogP contribution in [0, 0.1) is 12.7 Å². The lowest BCUT2D eigenvalue weighted by molar-refractivity contribution is -0.120. The van der Waals surface area contributed by atoms with E-state index in [0.717, 1.165) is 59.8 Å². The summed E-state index contributed by atoms with van der Waals surface area (Å²) in [5.74, 6) is 0.564. The van der Waals surface area contributed by atoms with E-state index in [2.05, 4.69) is 16.5 Å². The van der Waals surface area contributed by atoms with Gasteiger partial charge in [0.15, 0.2) is 0 Å². The number of nitrogens with zero attached hydrogens (tertiary/aromatic N) is 3. The average Bonchev–Trinajstić information content (AvgIpc) is 3.28. The number of imidazole rings is 1. The molecule has 1 fully saturated rings. The number of aryl methyl sites for hydroxylation is 1. The molecule has 1 aliphatic heterocycles. The number of hydrogen-bond acceptors (Lipinski definition) is 4. The Labute approximate surface area is 206 Å². The molecule has 2 heterocycles. The van der Waals surface area contributed by atoms with Crippen LogP contribution in [0.15, 0.2) is 73.3 Å². The first-order valence-corrected chi connectivity index (χ1v) is 11.9. The minimum absolute atomic E-state index is 0.105. The van der Waals surface area contributed by atoms with E-state index in [4.69, 9.17) is 4.74 Å². The van der Waals surface area contributed by atoms with E-state index in [0.29, 0.717) is 6.42 Å². The van der Waals surface area contributed by atoms with Gasteiger partial charge in [-0.15, -0.1) is 0 Å². The number of ketones is 1. The molecule has 0 spiro atoms. The van der Waals surface area contributed by atoms with Crippen LogP contribution in [0.4, 0.5) is 4.39 Å². The Morgan fingerprint density at radius 1 is 1.23 bits per heavy atom. The molecule has 1 saturated heterocycles. The minimum atomic E-state index is -0.528. The predicted molar refractivity (Wildman–Crippen MR) is 137 cm³/mol. The third kappa shape index (κ3) is 5.21. The van der Waals surface area contributed by atoms with E-state index in [1.807, 2.05) is 48.0 Å². The van der Waals surface area contributed by atoms with Crippen LogP contribution >= 0.6 is 0 Å². The van der Waals surface area contributed by atoms with E-state index in [9.17, 15) is 9.18 Å². The van der Waals surface area contributed by atoms with Gasteiger partial charge in [0, 0.05) is 24.9 Å². The van der Waals surface area contributed by atoms with E-state index in [1.54, 1.807) is 32.5 Å². The predicted octanol–water partition coefficient (Wildman–Crippen LogP) is 6.22. The molecule has 2 aromatic carbocycles. The quantitative estimate of drug-likeness (QED) is 0.365. The average molecular weight is 474 g/mol. The SMILES string of the molecule is C=C(/C=C/c1ccc(-n2cnc(C)c2)c(OC)c1)N1CCCCC1(CC(C)=O)c1ccc(F)cc1. The molecule has 182 valence electrons. The summed E-state index contributed by atoms with van der Waals surface area (Å²) >= 11 is 0. The van der Waals surface area contributed by atoms with Crippen LogP contribution in [0.25, 0.3) is 11.8 Å². The summed E-state index contributed by atoms with van der Waals surface area (Å²) in [4.78, 5) is 18.9. The van der Waals surface area contributed by atoms with Crippen molar-refractivity contribution in [2.24, 2.45) is 0 Å². The van der Waals surface area contributed by atoms with Gasteiger partial charge in [-0.05, 0) is 74.6 Å². The molecule has 5 nitrogen and oxygen atoms in total. The van der Waals surface area contributed by atoms with Crippen LogP contribution in [0.3, 0.4) is 0 Å². The number of aromatic nitrogens is 2. The standard InChI is InChI=1S/C29H32FN3O2/c1-21-19-32(20-31-21)27-14-9-24(17-28(27)35-4)8-7-22(2)33-16-6-5-15-29(33,18-23(3)34)25-10-12-26(30)13-11-25/h7-14,17,19-20H,2,5-6,15-16,18H2,1,3-4H3/b8-7+. The number of halogens is 1. The fraction of sp³-hybridized carbons (Fsp3) is 0.310. The van der Waals surface area contributed by atoms with Gasteiger partial charge >= 0.3 is 0 Å². The molecule has 1 unspecified atom stereocenters. The lowest BCUT2D eigenvalue weighted by atomic mass is 9.76. The van der Waals surface area contributed by atoms with Gasteiger partial charge in [-0.2, -0.15) is 0 Å². The van der Waals surface area contributed by atoms with Crippen LogP contribution in [0.1, 0.15) is 49.4 Å². The number of allylic oxidation sites excluding steroid dienone is 1. The Morgan fingerprint density at radius 2 is 2.00 bits per heavy atom. The number of likely N-dealkylation sites (tertiary alicyclic amines) is 1. The molecule has 1 atom stereocenters. The van der Waals surface area contributed by atoms with Gasteiger partial charge in [-0.25, -0.2) is 9.37 Å². The number of piperidine rings is 1. The summed E-state index contributed by atoms with van der Waals surface area (Å²) in [7, 11) is 1.65. The number of methoxy groups -OCH3 is 1. The van der Waals surface area contributed by atoms with Crippen molar-refractivity contribution < 1.29 is 13.9 Å². The Hall–Kier alpha value is -3.67. The van der Waals surface area contributed by atoms with Crippen molar-refractivity contribution in [1.82, 2.24) is 14.5 Å². The Balaban J connectivity index is 1.63. The highest BCUT2D eigenvalue weighted by molar-refractivity contribution is 5.77. The smallest absolute Gasteiger partial charge is 0.143 e. The molecule has 0 N–H and O–H groups in total. The first kappa shape index (κ1) is 24.5. The first-order chi connectivity index (χ1) is 16.8. The number of carbonyl (C=O) groups excluding carboxylic acids is 1. The van der Waals surface area contributed by atoms with E-state index < -0.39 is 5.54 Å². The highest BCUT2D eigenvalue weighted by Gasteiger charge is 2.41. The molecule has 1 aliphatic rings. The number of benzene rings is 2. The number of hydrogen-bond donors (Lipinski definition) is 0. The summed E-state index contributed by atoms with van der Waals surface area (Å²) in [6.07, 6.45) is 10.9. The van der Waals surface area contributed by atoms with Gasteiger partial charge in [-0.1, -0.05) is 30.9 Å². The van der Waals surface area contributed by atoms with E-state index in [-0.39, 0.29) is 11.6 Å². The molecule has 1 aromatic heterocycles. The normalized spacial score (nSPS) is 18.1. The molecule has 0 bridgehead atoms. The van der Waals surface area contributed by atoms with Gasteiger partial charge < -0.3 is 14.2 Å². The van der Waals surface area contributed by atoms with Crippen molar-refractivity contribution in [3.8, 4) is 11.4 Å². The van der Waals surface area contributed by atoms with Crippen molar-refractivity contribution >= 4 is 11.9 Å². The summed E-state index contributed by atoms with van der Waals surface area (Å²) in [5, 5.41) is 0. The monoisotopic (exact) mass is 473 g/mol. The summed E-state index contributed by atoms with van der Waals surface area (Å²) < 4.78 is 21.3. The molecule has 0 aliphatic carbocycles. The third-order valence-electron chi connectivity index (χ3n) is 6.67. The van der Waals surface area contributed by atoms with Gasteiger partial charge in [0.2, 0.25) is 0 Å². The lowest BCUT2D eigenvalue weighted by Gasteiger charge is -2.49. The first-order valence-electron chi connectivity index (χ1n) is 11.9. The second-order valence-corrected chi connectivity index (χ2v) is 9.20. The Morgan fingerprint density at radius 3 is 2.66 bits per heavy atom. The van der Waals surface area contributed by atoms with Crippen LogP contribution < -0.4 is 4.74 Å². The molecule has 3 aromatic rings. The Bertz CT molecular complexity index is 1250. The van der Waals surface area contributed by atoms with E-state index in [1.165, 1.54) is 12.1 Å². The summed E-state index contributed by atoms with van der Waals surface area (Å²) in [6.45, 7) is 8.71. The fourth-order valence-corrected chi connectivity index (χ4v) is 5.06.